The lowest BCUT2D eigenvalue weighted by Crippen LogP contribution is -2.19. The number of nitrogens with zero attached hydrogens (tertiary/aromatic N) is 1. The highest BCUT2D eigenvalue weighted by molar-refractivity contribution is 6.31. The molecule has 1 N–H and O–H groups in total. The molecule has 0 aromatic heterocycles. The lowest BCUT2D eigenvalue weighted by atomic mass is 9.79. The Kier molecular flexibility index (Phi) is 6.13. The van der Waals surface area contributed by atoms with Gasteiger partial charge in [-0.2, -0.15) is 0 Å². The monoisotopic (exact) mass is 441 g/mol. The zero-order valence-corrected chi connectivity index (χ0v) is 19.9. The molecule has 0 heterocycles. The SMILES string of the molecule is CC(C)(C)c1cc(N(c2ccc(Cl)cc2)c2ccc(Cl)cc2)cc(C(C)(C)C)c1O. The first kappa shape index (κ1) is 22.5. The molecule has 30 heavy (non-hydrogen) atoms. The third-order valence-electron chi connectivity index (χ3n) is 5.14. The van der Waals surface area contributed by atoms with Crippen molar-refractivity contribution in [3.05, 3.63) is 81.8 Å². The largest absolute Gasteiger partial charge is 0.507 e. The Balaban J connectivity index is 2.32. The number of aromatic hydroxyl groups is 1. The molecule has 0 atom stereocenters. The van der Waals surface area contributed by atoms with E-state index in [-0.39, 0.29) is 10.8 Å². The maximum absolute atomic E-state index is 11.1. The van der Waals surface area contributed by atoms with Crippen molar-refractivity contribution in [2.24, 2.45) is 0 Å². The molecule has 0 saturated carbocycles. The lowest BCUT2D eigenvalue weighted by molar-refractivity contribution is 0.423. The van der Waals surface area contributed by atoms with Crippen LogP contribution in [0.3, 0.4) is 0 Å². The Bertz CT molecular complexity index is 946. The Labute approximate surface area is 190 Å². The molecule has 0 amide bonds. The van der Waals surface area contributed by atoms with Gasteiger partial charge in [0.1, 0.15) is 5.75 Å². The first-order valence-electron chi connectivity index (χ1n) is 10.1. The van der Waals surface area contributed by atoms with E-state index in [0.29, 0.717) is 15.8 Å². The maximum Gasteiger partial charge on any atom is 0.123 e. The fourth-order valence-corrected chi connectivity index (χ4v) is 3.77. The summed E-state index contributed by atoms with van der Waals surface area (Å²) in [7, 11) is 0. The van der Waals surface area contributed by atoms with Crippen LogP contribution in [0.1, 0.15) is 52.7 Å². The standard InChI is InChI=1S/C26H29Cl2NO/c1-25(2,3)22-15-21(16-23(24(22)30)26(4,5)6)29(19-11-7-17(27)8-12-19)20-13-9-18(28)10-14-20/h7-16,30H,1-6H3. The van der Waals surface area contributed by atoms with Crippen molar-refractivity contribution in [1.29, 1.82) is 0 Å². The first-order chi connectivity index (χ1) is 13.9. The number of hydrogen-bond donors (Lipinski definition) is 1. The number of phenols is 1. The quantitative estimate of drug-likeness (QED) is 0.438. The molecule has 0 saturated heterocycles. The highest BCUT2D eigenvalue weighted by Crippen LogP contribution is 2.45. The van der Waals surface area contributed by atoms with Gasteiger partial charge in [-0.05, 0) is 71.5 Å². The molecule has 3 aromatic carbocycles. The van der Waals surface area contributed by atoms with Gasteiger partial charge < -0.3 is 10.0 Å². The van der Waals surface area contributed by atoms with Crippen molar-refractivity contribution in [2.45, 2.75) is 52.4 Å². The Morgan fingerprint density at radius 1 is 0.600 bits per heavy atom. The van der Waals surface area contributed by atoms with E-state index < -0.39 is 0 Å². The Hall–Kier alpha value is -2.16. The van der Waals surface area contributed by atoms with Crippen LogP contribution in [-0.2, 0) is 10.8 Å². The van der Waals surface area contributed by atoms with Gasteiger partial charge in [-0.1, -0.05) is 64.7 Å². The first-order valence-corrected chi connectivity index (χ1v) is 10.8. The molecule has 2 nitrogen and oxygen atoms in total. The average molecular weight is 442 g/mol. The molecule has 0 unspecified atom stereocenters. The molecule has 0 radical (unpaired) electrons. The van der Waals surface area contributed by atoms with Crippen molar-refractivity contribution < 1.29 is 5.11 Å². The molecular formula is C26H29Cl2NO. The van der Waals surface area contributed by atoms with Crippen LogP contribution in [0.4, 0.5) is 17.1 Å². The van der Waals surface area contributed by atoms with Gasteiger partial charge in [-0.15, -0.1) is 0 Å². The summed E-state index contributed by atoms with van der Waals surface area (Å²) in [6.07, 6.45) is 0. The predicted molar refractivity (Wildman–Crippen MR) is 130 cm³/mol. The van der Waals surface area contributed by atoms with Crippen molar-refractivity contribution in [3.8, 4) is 5.75 Å². The predicted octanol–water partition coefficient (Wildman–Crippen LogP) is 8.76. The summed E-state index contributed by atoms with van der Waals surface area (Å²) in [6.45, 7) is 12.7. The summed E-state index contributed by atoms with van der Waals surface area (Å²) in [5.41, 5.74) is 4.33. The van der Waals surface area contributed by atoms with Gasteiger partial charge in [0.15, 0.2) is 0 Å². The topological polar surface area (TPSA) is 23.5 Å². The summed E-state index contributed by atoms with van der Waals surface area (Å²) in [5, 5.41) is 12.5. The molecular weight excluding hydrogens is 413 g/mol. The second-order valence-corrected chi connectivity index (χ2v) is 10.6. The molecule has 0 aliphatic carbocycles. The number of hydrogen-bond acceptors (Lipinski definition) is 2. The summed E-state index contributed by atoms with van der Waals surface area (Å²) in [6, 6.07) is 19.7. The van der Waals surface area contributed by atoms with Crippen LogP contribution in [0.15, 0.2) is 60.7 Å². The minimum absolute atomic E-state index is 0.217. The molecule has 0 bridgehead atoms. The second kappa shape index (κ2) is 8.17. The number of rotatable bonds is 3. The van der Waals surface area contributed by atoms with Crippen LogP contribution in [0.25, 0.3) is 0 Å². The van der Waals surface area contributed by atoms with Crippen molar-refractivity contribution >= 4 is 40.3 Å². The molecule has 0 fully saturated rings. The van der Waals surface area contributed by atoms with Crippen LogP contribution in [0.5, 0.6) is 5.75 Å². The second-order valence-electron chi connectivity index (χ2n) is 9.68. The van der Waals surface area contributed by atoms with Gasteiger partial charge in [-0.3, -0.25) is 0 Å². The van der Waals surface area contributed by atoms with E-state index in [1.165, 1.54) is 0 Å². The Morgan fingerprint density at radius 2 is 0.933 bits per heavy atom. The van der Waals surface area contributed by atoms with E-state index in [1.807, 2.05) is 48.5 Å². The van der Waals surface area contributed by atoms with Crippen molar-refractivity contribution in [2.75, 3.05) is 4.90 Å². The van der Waals surface area contributed by atoms with E-state index in [2.05, 4.69) is 58.6 Å². The molecule has 158 valence electrons. The summed E-state index contributed by atoms with van der Waals surface area (Å²) >= 11 is 12.3. The van der Waals surface area contributed by atoms with E-state index in [9.17, 15) is 5.11 Å². The van der Waals surface area contributed by atoms with Crippen LogP contribution in [0.2, 0.25) is 10.0 Å². The van der Waals surface area contributed by atoms with Gasteiger partial charge in [0, 0.05) is 38.2 Å². The number of halogens is 2. The molecule has 0 spiro atoms. The van der Waals surface area contributed by atoms with Crippen molar-refractivity contribution in [3.63, 3.8) is 0 Å². The van der Waals surface area contributed by atoms with E-state index >= 15 is 0 Å². The number of anilines is 3. The van der Waals surface area contributed by atoms with Gasteiger partial charge in [0.25, 0.3) is 0 Å². The maximum atomic E-state index is 11.1. The van der Waals surface area contributed by atoms with Gasteiger partial charge >= 0.3 is 0 Å². The lowest BCUT2D eigenvalue weighted by Gasteiger charge is -2.32. The van der Waals surface area contributed by atoms with Gasteiger partial charge in [-0.25, -0.2) is 0 Å². The smallest absolute Gasteiger partial charge is 0.123 e. The van der Waals surface area contributed by atoms with Crippen LogP contribution >= 0.6 is 23.2 Å². The van der Waals surface area contributed by atoms with Crippen LogP contribution in [-0.4, -0.2) is 5.11 Å². The third kappa shape index (κ3) is 4.77. The minimum Gasteiger partial charge on any atom is -0.507 e. The van der Waals surface area contributed by atoms with E-state index in [1.54, 1.807) is 0 Å². The van der Waals surface area contributed by atoms with Crippen molar-refractivity contribution in [1.82, 2.24) is 0 Å². The van der Waals surface area contributed by atoms with E-state index in [0.717, 1.165) is 28.2 Å². The third-order valence-corrected chi connectivity index (χ3v) is 5.64. The van der Waals surface area contributed by atoms with E-state index in [4.69, 9.17) is 23.2 Å². The molecule has 3 rings (SSSR count). The summed E-state index contributed by atoms with van der Waals surface area (Å²) in [4.78, 5) is 2.16. The zero-order chi connectivity index (χ0) is 22.3. The molecule has 0 aliphatic heterocycles. The van der Waals surface area contributed by atoms with Crippen LogP contribution < -0.4 is 4.90 Å². The number of benzene rings is 3. The molecule has 0 aliphatic rings. The summed E-state index contributed by atoms with van der Waals surface area (Å²) < 4.78 is 0. The Morgan fingerprint density at radius 3 is 1.23 bits per heavy atom. The zero-order valence-electron chi connectivity index (χ0n) is 18.4. The normalized spacial score (nSPS) is 12.1. The minimum atomic E-state index is -0.217. The molecule has 4 heteroatoms. The highest BCUT2D eigenvalue weighted by atomic mass is 35.5. The van der Waals surface area contributed by atoms with Crippen LogP contribution in [0, 0.1) is 0 Å². The molecule has 3 aromatic rings. The average Bonchev–Trinajstić information content (AvgIpc) is 2.64. The highest BCUT2D eigenvalue weighted by Gasteiger charge is 2.28. The summed E-state index contributed by atoms with van der Waals surface area (Å²) in [5.74, 6) is 0.367. The fourth-order valence-electron chi connectivity index (χ4n) is 3.52. The number of phenolic OH excluding ortho intramolecular Hbond substituents is 1. The van der Waals surface area contributed by atoms with Gasteiger partial charge in [0.2, 0.25) is 0 Å². The van der Waals surface area contributed by atoms with Gasteiger partial charge in [0.05, 0.1) is 0 Å². The fraction of sp³-hybridized carbons (Fsp3) is 0.308.